The Morgan fingerprint density at radius 2 is 0.893 bits per heavy atom. The normalized spacial score (nSPS) is 13.7. The van der Waals surface area contributed by atoms with E-state index in [-0.39, 0.29) is 19.4 Å². The lowest BCUT2D eigenvalue weighted by atomic mass is 10.1. The highest BCUT2D eigenvalue weighted by Gasteiger charge is 2.22. The molecule has 0 aromatic heterocycles. The summed E-state index contributed by atoms with van der Waals surface area (Å²) in [5.74, 6) is -1.03. The van der Waals surface area contributed by atoms with E-state index in [2.05, 4.69) is 128 Å². The molecule has 0 amide bonds. The molecular formula is C47H73O8P. The topological polar surface area (TPSA) is 119 Å². The van der Waals surface area contributed by atoms with Gasteiger partial charge in [-0.25, -0.2) is 4.57 Å². The molecule has 314 valence electrons. The van der Waals surface area contributed by atoms with Crippen LogP contribution < -0.4 is 0 Å². The lowest BCUT2D eigenvalue weighted by molar-refractivity contribution is -0.161. The van der Waals surface area contributed by atoms with Crippen LogP contribution in [0.2, 0.25) is 0 Å². The number of phosphoric acid groups is 1. The number of hydrogen-bond acceptors (Lipinski definition) is 6. The van der Waals surface area contributed by atoms with E-state index < -0.39 is 32.5 Å². The van der Waals surface area contributed by atoms with Crippen molar-refractivity contribution in [2.45, 2.75) is 148 Å². The number of rotatable bonds is 36. The van der Waals surface area contributed by atoms with Crippen molar-refractivity contribution in [3.63, 3.8) is 0 Å². The summed E-state index contributed by atoms with van der Waals surface area (Å²) in [6, 6.07) is 0. The molecule has 9 heteroatoms. The standard InChI is InChI=1S/C47H73O8P/c1-3-5-7-9-11-13-15-17-19-21-23-25-27-29-31-33-35-37-39-41-46(48)53-43-45(44-54-56(50,51)52)55-47(49)42-40-38-36-34-32-30-28-26-24-22-20-18-16-14-12-10-8-6-4-2/h5,7,11-14,17-20,23-26,29-32,36,38,45H,3-4,6,8-10,15-16,21-22,27-28,33-35,37,39-44H2,1-2H3,(H2,50,51,52)/b7-5-,13-11-,14-12-,19-17-,20-18-,25-23-,26-24-,31-29-,32-30-,38-36-/t45-/m1/s1. The lowest BCUT2D eigenvalue weighted by Gasteiger charge is -2.18. The quantitative estimate of drug-likeness (QED) is 0.0278. The third kappa shape index (κ3) is 43.2. The Labute approximate surface area is 339 Å². The molecule has 0 aliphatic heterocycles. The first-order chi connectivity index (χ1) is 27.3. The smallest absolute Gasteiger partial charge is 0.462 e. The highest BCUT2D eigenvalue weighted by Crippen LogP contribution is 2.35. The second-order valence-corrected chi connectivity index (χ2v) is 14.5. The fourth-order valence-electron chi connectivity index (χ4n) is 4.91. The Morgan fingerprint density at radius 3 is 1.32 bits per heavy atom. The minimum Gasteiger partial charge on any atom is -0.462 e. The number of carbonyl (C=O) groups excluding carboxylic acids is 2. The number of ether oxygens (including phenoxy) is 2. The van der Waals surface area contributed by atoms with Gasteiger partial charge in [-0.15, -0.1) is 0 Å². The summed E-state index contributed by atoms with van der Waals surface area (Å²) in [4.78, 5) is 42.8. The fourth-order valence-corrected chi connectivity index (χ4v) is 5.27. The van der Waals surface area contributed by atoms with Crippen LogP contribution in [0, 0.1) is 0 Å². The van der Waals surface area contributed by atoms with Crippen LogP contribution in [0.25, 0.3) is 0 Å². The van der Waals surface area contributed by atoms with E-state index in [4.69, 9.17) is 19.3 Å². The molecule has 8 nitrogen and oxygen atoms in total. The SMILES string of the molecule is CC/C=C\C/C=C\C/C=C\C/C=C\C/C=C\CCCCCC(=O)OC[C@H](COP(=O)(O)O)OC(=O)CC/C=C\C/C=C\C/C=C\C/C=C\C/C=C\CCCCC. The van der Waals surface area contributed by atoms with Crippen molar-refractivity contribution in [1.29, 1.82) is 0 Å². The minimum atomic E-state index is -4.79. The summed E-state index contributed by atoms with van der Waals surface area (Å²) in [5.41, 5.74) is 0. The van der Waals surface area contributed by atoms with Crippen molar-refractivity contribution < 1.29 is 37.9 Å². The average molecular weight is 797 g/mol. The van der Waals surface area contributed by atoms with E-state index >= 15 is 0 Å². The van der Waals surface area contributed by atoms with Crippen molar-refractivity contribution in [3.05, 3.63) is 122 Å². The van der Waals surface area contributed by atoms with E-state index in [1.165, 1.54) is 25.7 Å². The Kier molecular flexibility index (Phi) is 38.5. The zero-order valence-corrected chi connectivity index (χ0v) is 35.4. The summed E-state index contributed by atoms with van der Waals surface area (Å²) >= 11 is 0. The summed E-state index contributed by atoms with van der Waals surface area (Å²) < 4.78 is 26.3. The van der Waals surface area contributed by atoms with Crippen LogP contribution >= 0.6 is 7.82 Å². The highest BCUT2D eigenvalue weighted by atomic mass is 31.2. The van der Waals surface area contributed by atoms with Crippen LogP contribution in [0.1, 0.15) is 142 Å². The predicted molar refractivity (Wildman–Crippen MR) is 234 cm³/mol. The zero-order valence-electron chi connectivity index (χ0n) is 34.5. The molecule has 0 spiro atoms. The molecular weight excluding hydrogens is 723 g/mol. The Morgan fingerprint density at radius 1 is 0.482 bits per heavy atom. The first-order valence-corrected chi connectivity index (χ1v) is 22.4. The number of esters is 2. The van der Waals surface area contributed by atoms with Crippen molar-refractivity contribution in [2.24, 2.45) is 0 Å². The number of allylic oxidation sites excluding steroid dienone is 20. The second-order valence-electron chi connectivity index (χ2n) is 13.2. The first-order valence-electron chi connectivity index (χ1n) is 20.8. The summed E-state index contributed by atoms with van der Waals surface area (Å²) in [5, 5.41) is 0. The molecule has 0 saturated heterocycles. The molecule has 2 N–H and O–H groups in total. The van der Waals surface area contributed by atoms with Gasteiger partial charge in [0.05, 0.1) is 6.61 Å². The van der Waals surface area contributed by atoms with Gasteiger partial charge in [0.2, 0.25) is 0 Å². The molecule has 0 rings (SSSR count). The summed E-state index contributed by atoms with van der Waals surface area (Å²) in [6.45, 7) is 3.43. The van der Waals surface area contributed by atoms with Crippen LogP contribution in [0.5, 0.6) is 0 Å². The van der Waals surface area contributed by atoms with Gasteiger partial charge in [0.15, 0.2) is 6.10 Å². The van der Waals surface area contributed by atoms with E-state index in [9.17, 15) is 14.2 Å². The second kappa shape index (κ2) is 41.1. The number of phosphoric ester groups is 1. The minimum absolute atomic E-state index is 0.0728. The molecule has 0 fully saturated rings. The van der Waals surface area contributed by atoms with E-state index in [1.807, 2.05) is 12.2 Å². The maximum atomic E-state index is 12.4. The van der Waals surface area contributed by atoms with Gasteiger partial charge in [-0.3, -0.25) is 14.1 Å². The van der Waals surface area contributed by atoms with Gasteiger partial charge in [0, 0.05) is 12.8 Å². The third-order valence-electron chi connectivity index (χ3n) is 7.98. The van der Waals surface area contributed by atoms with Gasteiger partial charge in [0.1, 0.15) is 6.61 Å². The monoisotopic (exact) mass is 797 g/mol. The molecule has 0 aromatic rings. The molecule has 0 aromatic carbocycles. The van der Waals surface area contributed by atoms with Gasteiger partial charge >= 0.3 is 19.8 Å². The Hall–Kier alpha value is -3.55. The van der Waals surface area contributed by atoms with E-state index in [1.54, 1.807) is 0 Å². The van der Waals surface area contributed by atoms with Crippen molar-refractivity contribution in [2.75, 3.05) is 13.2 Å². The maximum Gasteiger partial charge on any atom is 0.469 e. The number of carbonyl (C=O) groups is 2. The van der Waals surface area contributed by atoms with Crippen LogP contribution in [-0.2, 0) is 28.2 Å². The largest absolute Gasteiger partial charge is 0.469 e. The molecule has 0 heterocycles. The molecule has 0 bridgehead atoms. The summed E-state index contributed by atoms with van der Waals surface area (Å²) in [7, 11) is -4.79. The van der Waals surface area contributed by atoms with E-state index in [0.29, 0.717) is 12.8 Å². The van der Waals surface area contributed by atoms with Gasteiger partial charge < -0.3 is 19.3 Å². The van der Waals surface area contributed by atoms with Crippen LogP contribution in [0.3, 0.4) is 0 Å². The molecule has 1 atom stereocenters. The van der Waals surface area contributed by atoms with Crippen molar-refractivity contribution in [1.82, 2.24) is 0 Å². The molecule has 0 aliphatic rings. The molecule has 0 radical (unpaired) electrons. The van der Waals surface area contributed by atoms with Crippen LogP contribution in [-0.4, -0.2) is 41.0 Å². The molecule has 56 heavy (non-hydrogen) atoms. The number of hydrogen-bond donors (Lipinski definition) is 2. The van der Waals surface area contributed by atoms with Crippen LogP contribution in [0.15, 0.2) is 122 Å². The van der Waals surface area contributed by atoms with Gasteiger partial charge in [-0.1, -0.05) is 155 Å². The predicted octanol–water partition coefficient (Wildman–Crippen LogP) is 13.0. The van der Waals surface area contributed by atoms with Gasteiger partial charge in [-0.2, -0.15) is 0 Å². The summed E-state index contributed by atoms with van der Waals surface area (Å²) in [6.07, 6.45) is 59.3. The van der Waals surface area contributed by atoms with E-state index in [0.717, 1.165) is 77.0 Å². The Balaban J connectivity index is 4.16. The Bertz CT molecular complexity index is 1310. The first kappa shape index (κ1) is 52.5. The zero-order chi connectivity index (χ0) is 41.1. The average Bonchev–Trinajstić information content (AvgIpc) is 3.17. The van der Waals surface area contributed by atoms with Crippen LogP contribution in [0.4, 0.5) is 0 Å². The highest BCUT2D eigenvalue weighted by molar-refractivity contribution is 7.46. The molecule has 0 unspecified atom stereocenters. The number of unbranched alkanes of at least 4 members (excludes halogenated alkanes) is 6. The maximum absolute atomic E-state index is 12.4. The van der Waals surface area contributed by atoms with Crippen molar-refractivity contribution in [3.8, 4) is 0 Å². The third-order valence-corrected chi connectivity index (χ3v) is 8.46. The fraction of sp³-hybridized carbons (Fsp3) is 0.532. The lowest BCUT2D eigenvalue weighted by Crippen LogP contribution is -2.29. The molecule has 0 aliphatic carbocycles. The van der Waals surface area contributed by atoms with Gasteiger partial charge in [0.25, 0.3) is 0 Å². The van der Waals surface area contributed by atoms with Crippen molar-refractivity contribution >= 4 is 19.8 Å². The van der Waals surface area contributed by atoms with Gasteiger partial charge in [-0.05, 0) is 96.3 Å². The molecule has 0 saturated carbocycles.